The van der Waals surface area contributed by atoms with Gasteiger partial charge in [0.15, 0.2) is 5.78 Å². The van der Waals surface area contributed by atoms with Gasteiger partial charge in [-0.2, -0.15) is 0 Å². The normalized spacial score (nSPS) is 10.0. The molecule has 0 saturated heterocycles. The lowest BCUT2D eigenvalue weighted by Gasteiger charge is -2.05. The van der Waals surface area contributed by atoms with Gasteiger partial charge in [0.1, 0.15) is 0 Å². The summed E-state index contributed by atoms with van der Waals surface area (Å²) >= 11 is 1.57. The summed E-state index contributed by atoms with van der Waals surface area (Å²) in [4.78, 5) is 12.5. The first-order valence-corrected chi connectivity index (χ1v) is 5.38. The third-order valence-corrected chi connectivity index (χ3v) is 2.64. The number of anilines is 1. The fraction of sp³-hybridized carbons (Fsp3) is 0.300. The van der Waals surface area contributed by atoms with E-state index >= 15 is 0 Å². The van der Waals surface area contributed by atoms with Crippen LogP contribution in [-0.4, -0.2) is 12.0 Å². The van der Waals surface area contributed by atoms with Gasteiger partial charge in [0.2, 0.25) is 0 Å². The van der Waals surface area contributed by atoms with E-state index in [4.69, 9.17) is 5.73 Å². The zero-order chi connectivity index (χ0) is 9.84. The molecular formula is C10H13NOS. The molecule has 2 nitrogen and oxygen atoms in total. The molecule has 0 aromatic heterocycles. The molecule has 13 heavy (non-hydrogen) atoms. The van der Waals surface area contributed by atoms with Gasteiger partial charge in [0.25, 0.3) is 0 Å². The monoisotopic (exact) mass is 195 g/mol. The molecule has 0 aliphatic carbocycles. The maximum atomic E-state index is 11.5. The molecule has 0 radical (unpaired) electrons. The second kappa shape index (κ2) is 4.33. The van der Waals surface area contributed by atoms with Gasteiger partial charge in [-0.25, -0.2) is 0 Å². The van der Waals surface area contributed by atoms with Gasteiger partial charge in [0, 0.05) is 22.6 Å². The summed E-state index contributed by atoms with van der Waals surface area (Å²) in [5, 5.41) is 0. The molecule has 0 fully saturated rings. The molecule has 0 aliphatic rings. The van der Waals surface area contributed by atoms with E-state index in [0.29, 0.717) is 12.1 Å². The van der Waals surface area contributed by atoms with Crippen molar-refractivity contribution in [3.05, 3.63) is 23.8 Å². The first kappa shape index (κ1) is 10.1. The number of carbonyl (C=O) groups is 1. The first-order valence-electron chi connectivity index (χ1n) is 4.15. The van der Waals surface area contributed by atoms with Crippen molar-refractivity contribution in [1.29, 1.82) is 0 Å². The average molecular weight is 195 g/mol. The molecule has 2 N–H and O–H groups in total. The Hall–Kier alpha value is -0.960. The van der Waals surface area contributed by atoms with E-state index < -0.39 is 0 Å². The smallest absolute Gasteiger partial charge is 0.163 e. The number of rotatable bonds is 3. The second-order valence-electron chi connectivity index (χ2n) is 2.74. The third kappa shape index (κ3) is 2.25. The molecule has 0 unspecified atom stereocenters. The van der Waals surface area contributed by atoms with Crippen LogP contribution in [0.4, 0.5) is 5.69 Å². The predicted octanol–water partition coefficient (Wildman–Crippen LogP) is 2.58. The highest BCUT2D eigenvalue weighted by atomic mass is 32.2. The number of carbonyl (C=O) groups excluding carboxylic acids is 1. The van der Waals surface area contributed by atoms with Crippen LogP contribution in [0.25, 0.3) is 0 Å². The highest BCUT2D eigenvalue weighted by Gasteiger charge is 2.08. The molecule has 1 aromatic carbocycles. The van der Waals surface area contributed by atoms with E-state index in [1.807, 2.05) is 25.3 Å². The Labute approximate surface area is 82.5 Å². The number of nitrogen functional groups attached to an aromatic ring is 1. The molecular weight excluding hydrogens is 182 g/mol. The lowest BCUT2D eigenvalue weighted by Crippen LogP contribution is -2.00. The highest BCUT2D eigenvalue weighted by Crippen LogP contribution is 2.23. The van der Waals surface area contributed by atoms with E-state index in [1.165, 1.54) is 0 Å². The van der Waals surface area contributed by atoms with Crippen LogP contribution in [-0.2, 0) is 0 Å². The summed E-state index contributed by atoms with van der Waals surface area (Å²) in [6.07, 6.45) is 2.48. The Morgan fingerprint density at radius 2 is 2.23 bits per heavy atom. The van der Waals surface area contributed by atoms with Crippen LogP contribution in [0.2, 0.25) is 0 Å². The van der Waals surface area contributed by atoms with Crippen LogP contribution in [0.15, 0.2) is 23.1 Å². The Bertz CT molecular complexity index is 323. The van der Waals surface area contributed by atoms with Crippen molar-refractivity contribution in [2.75, 3.05) is 12.0 Å². The van der Waals surface area contributed by atoms with E-state index in [1.54, 1.807) is 17.8 Å². The minimum atomic E-state index is 0.150. The average Bonchev–Trinajstić information content (AvgIpc) is 2.16. The molecule has 0 saturated carbocycles. The molecule has 70 valence electrons. The summed E-state index contributed by atoms with van der Waals surface area (Å²) in [5.74, 6) is 0.150. The lowest BCUT2D eigenvalue weighted by molar-refractivity contribution is 0.0985. The predicted molar refractivity (Wildman–Crippen MR) is 57.3 cm³/mol. The minimum absolute atomic E-state index is 0.150. The van der Waals surface area contributed by atoms with E-state index in [9.17, 15) is 4.79 Å². The van der Waals surface area contributed by atoms with Gasteiger partial charge >= 0.3 is 0 Å². The molecule has 0 bridgehead atoms. The molecule has 0 spiro atoms. The van der Waals surface area contributed by atoms with Crippen molar-refractivity contribution in [3.8, 4) is 0 Å². The molecule has 3 heteroatoms. The van der Waals surface area contributed by atoms with Crippen LogP contribution in [0.3, 0.4) is 0 Å². The number of Topliss-reactive ketones (excluding diaryl/α,β-unsaturated/α-hetero) is 1. The number of benzene rings is 1. The van der Waals surface area contributed by atoms with Gasteiger partial charge in [-0.15, -0.1) is 11.8 Å². The summed E-state index contributed by atoms with van der Waals surface area (Å²) in [6.45, 7) is 1.86. The van der Waals surface area contributed by atoms with Crippen LogP contribution < -0.4 is 5.73 Å². The molecule has 0 aliphatic heterocycles. The summed E-state index contributed by atoms with van der Waals surface area (Å²) < 4.78 is 0. The number of thioether (sulfide) groups is 1. The Balaban J connectivity index is 3.15. The molecule has 0 heterocycles. The van der Waals surface area contributed by atoms with Crippen molar-refractivity contribution >= 4 is 23.2 Å². The van der Waals surface area contributed by atoms with Crippen LogP contribution >= 0.6 is 11.8 Å². The summed E-state index contributed by atoms with van der Waals surface area (Å²) in [7, 11) is 0. The van der Waals surface area contributed by atoms with Gasteiger partial charge < -0.3 is 5.73 Å². The summed E-state index contributed by atoms with van der Waals surface area (Å²) in [5.41, 5.74) is 7.01. The maximum Gasteiger partial charge on any atom is 0.163 e. The largest absolute Gasteiger partial charge is 0.399 e. The van der Waals surface area contributed by atoms with Crippen LogP contribution in [0.1, 0.15) is 23.7 Å². The zero-order valence-corrected chi connectivity index (χ0v) is 8.65. The van der Waals surface area contributed by atoms with E-state index in [-0.39, 0.29) is 5.78 Å². The molecule has 1 rings (SSSR count). The summed E-state index contributed by atoms with van der Waals surface area (Å²) in [6, 6.07) is 5.46. The van der Waals surface area contributed by atoms with Crippen LogP contribution in [0.5, 0.6) is 0 Å². The number of hydrogen-bond acceptors (Lipinski definition) is 3. The standard InChI is InChI=1S/C10H13NOS/c1-3-9(12)8-6-7(11)4-5-10(8)13-2/h4-6H,3,11H2,1-2H3. The van der Waals surface area contributed by atoms with Gasteiger partial charge in [-0.05, 0) is 24.5 Å². The van der Waals surface area contributed by atoms with Crippen molar-refractivity contribution in [2.45, 2.75) is 18.2 Å². The van der Waals surface area contributed by atoms with E-state index in [2.05, 4.69) is 0 Å². The number of ketones is 1. The Morgan fingerprint density at radius 3 is 2.77 bits per heavy atom. The molecule has 0 atom stereocenters. The first-order chi connectivity index (χ1) is 6.19. The van der Waals surface area contributed by atoms with Gasteiger partial charge in [0.05, 0.1) is 0 Å². The SMILES string of the molecule is CCC(=O)c1cc(N)ccc1SC. The van der Waals surface area contributed by atoms with Crippen molar-refractivity contribution in [2.24, 2.45) is 0 Å². The molecule has 0 amide bonds. The van der Waals surface area contributed by atoms with Crippen molar-refractivity contribution in [1.82, 2.24) is 0 Å². The maximum absolute atomic E-state index is 11.5. The topological polar surface area (TPSA) is 43.1 Å². The lowest BCUT2D eigenvalue weighted by atomic mass is 10.1. The van der Waals surface area contributed by atoms with Crippen molar-refractivity contribution in [3.63, 3.8) is 0 Å². The van der Waals surface area contributed by atoms with Crippen LogP contribution in [0, 0.1) is 0 Å². The van der Waals surface area contributed by atoms with E-state index in [0.717, 1.165) is 10.5 Å². The van der Waals surface area contributed by atoms with Gasteiger partial charge in [-0.3, -0.25) is 4.79 Å². The highest BCUT2D eigenvalue weighted by molar-refractivity contribution is 7.98. The fourth-order valence-electron chi connectivity index (χ4n) is 1.13. The number of nitrogens with two attached hydrogens (primary N) is 1. The second-order valence-corrected chi connectivity index (χ2v) is 3.58. The Kier molecular flexibility index (Phi) is 3.37. The number of hydrogen-bond donors (Lipinski definition) is 1. The quantitative estimate of drug-likeness (QED) is 0.458. The van der Waals surface area contributed by atoms with Gasteiger partial charge in [-0.1, -0.05) is 6.92 Å². The minimum Gasteiger partial charge on any atom is -0.399 e. The fourth-order valence-corrected chi connectivity index (χ4v) is 1.73. The van der Waals surface area contributed by atoms with Crippen molar-refractivity contribution < 1.29 is 4.79 Å². The zero-order valence-electron chi connectivity index (χ0n) is 7.83. The Morgan fingerprint density at radius 1 is 1.54 bits per heavy atom. The third-order valence-electron chi connectivity index (χ3n) is 1.85. The molecule has 1 aromatic rings.